The molecule has 1 aliphatic heterocycles. The Labute approximate surface area is 225 Å². The molecule has 3 heterocycles. The molecule has 0 saturated heterocycles. The van der Waals surface area contributed by atoms with Crippen LogP contribution in [0.25, 0.3) is 11.0 Å². The van der Waals surface area contributed by atoms with E-state index >= 15 is 0 Å². The van der Waals surface area contributed by atoms with Gasteiger partial charge in [0.1, 0.15) is 23.6 Å². The molecule has 0 amide bonds. The first kappa shape index (κ1) is 26.1. The first-order valence-corrected chi connectivity index (χ1v) is 13.9. The van der Waals surface area contributed by atoms with Crippen molar-refractivity contribution in [3.05, 3.63) is 101 Å². The summed E-state index contributed by atoms with van der Waals surface area (Å²) in [5.41, 5.74) is 5.41. The highest BCUT2D eigenvalue weighted by Crippen LogP contribution is 2.36. The van der Waals surface area contributed by atoms with E-state index in [9.17, 15) is 4.39 Å². The van der Waals surface area contributed by atoms with E-state index in [1.165, 1.54) is 11.1 Å². The SMILES string of the molecule is CC.Cc1ccc(CN(c2ncnc3c2ccn3CC2=CCN(Cc3ccccc3)CC2)C2CC2)c(F)c1. The van der Waals surface area contributed by atoms with Gasteiger partial charge in [0.15, 0.2) is 0 Å². The molecule has 0 unspecified atom stereocenters. The normalized spacial score (nSPS) is 15.6. The molecule has 198 valence electrons. The highest BCUT2D eigenvalue weighted by molar-refractivity contribution is 5.88. The third kappa shape index (κ3) is 5.97. The van der Waals surface area contributed by atoms with Gasteiger partial charge in [-0.25, -0.2) is 14.4 Å². The fraction of sp³-hybridized carbons (Fsp3) is 0.375. The van der Waals surface area contributed by atoms with Crippen molar-refractivity contribution in [2.24, 2.45) is 0 Å². The summed E-state index contributed by atoms with van der Waals surface area (Å²) in [4.78, 5) is 14.1. The van der Waals surface area contributed by atoms with Crippen LogP contribution in [0.15, 0.2) is 78.8 Å². The first-order valence-electron chi connectivity index (χ1n) is 13.9. The van der Waals surface area contributed by atoms with Gasteiger partial charge < -0.3 is 9.47 Å². The number of nitrogens with zero attached hydrogens (tertiary/aromatic N) is 5. The number of fused-ring (bicyclic) bond motifs is 1. The molecule has 0 spiro atoms. The predicted molar refractivity (Wildman–Crippen MR) is 154 cm³/mol. The lowest BCUT2D eigenvalue weighted by atomic mass is 10.1. The van der Waals surface area contributed by atoms with Crippen LogP contribution < -0.4 is 4.90 Å². The minimum atomic E-state index is -0.144. The number of aryl methyl sites for hydroxylation is 1. The summed E-state index contributed by atoms with van der Waals surface area (Å²) in [6.07, 6.45) is 9.45. The lowest BCUT2D eigenvalue weighted by Crippen LogP contribution is -2.29. The smallest absolute Gasteiger partial charge is 0.145 e. The standard InChI is InChI=1S/C30H32FN5.C2H6/c1-22-7-8-25(28(31)17-22)20-36(26-9-10-26)30-27-13-16-35(29(27)32-21-33-30)19-24-11-14-34(15-12-24)18-23-5-3-2-4-6-23;1-2/h2-8,11,13,16-17,21,26H,9-10,12,14-15,18-20H2,1H3;1-2H3. The largest absolute Gasteiger partial charge is 0.349 e. The maximum atomic E-state index is 14.7. The van der Waals surface area contributed by atoms with Crippen molar-refractivity contribution in [2.45, 2.75) is 65.7 Å². The number of aromatic nitrogens is 3. The van der Waals surface area contributed by atoms with E-state index in [2.05, 4.69) is 73.0 Å². The van der Waals surface area contributed by atoms with Gasteiger partial charge >= 0.3 is 0 Å². The Balaban J connectivity index is 0.00000144. The van der Waals surface area contributed by atoms with Gasteiger partial charge in [-0.1, -0.05) is 68.0 Å². The van der Waals surface area contributed by atoms with Crippen molar-refractivity contribution in [3.8, 4) is 0 Å². The Morgan fingerprint density at radius 3 is 2.53 bits per heavy atom. The van der Waals surface area contributed by atoms with Gasteiger partial charge in [0.25, 0.3) is 0 Å². The van der Waals surface area contributed by atoms with Gasteiger partial charge in [0, 0.05) is 50.5 Å². The molecule has 1 fully saturated rings. The highest BCUT2D eigenvalue weighted by atomic mass is 19.1. The van der Waals surface area contributed by atoms with E-state index in [-0.39, 0.29) is 5.82 Å². The maximum Gasteiger partial charge on any atom is 0.145 e. The van der Waals surface area contributed by atoms with Gasteiger partial charge in [0.2, 0.25) is 0 Å². The van der Waals surface area contributed by atoms with Crippen molar-refractivity contribution in [1.82, 2.24) is 19.4 Å². The molecule has 1 saturated carbocycles. The minimum absolute atomic E-state index is 0.144. The second-order valence-electron chi connectivity index (χ2n) is 10.2. The lowest BCUT2D eigenvalue weighted by Gasteiger charge is -2.27. The van der Waals surface area contributed by atoms with Crippen molar-refractivity contribution >= 4 is 16.9 Å². The molecule has 0 N–H and O–H groups in total. The number of anilines is 1. The molecule has 2 aromatic heterocycles. The summed E-state index contributed by atoms with van der Waals surface area (Å²) in [6, 6.07) is 18.7. The van der Waals surface area contributed by atoms with E-state index in [1.807, 2.05) is 32.9 Å². The fourth-order valence-electron chi connectivity index (χ4n) is 5.17. The monoisotopic (exact) mass is 511 g/mol. The molecule has 1 aliphatic carbocycles. The predicted octanol–water partition coefficient (Wildman–Crippen LogP) is 6.91. The molecule has 0 atom stereocenters. The van der Waals surface area contributed by atoms with Crippen molar-refractivity contribution in [1.29, 1.82) is 0 Å². The van der Waals surface area contributed by atoms with E-state index in [0.717, 1.165) is 67.9 Å². The molecule has 0 bridgehead atoms. The Kier molecular flexibility index (Phi) is 8.18. The van der Waals surface area contributed by atoms with E-state index in [1.54, 1.807) is 12.4 Å². The molecule has 0 radical (unpaired) electrons. The zero-order valence-corrected chi connectivity index (χ0v) is 22.8. The van der Waals surface area contributed by atoms with Gasteiger partial charge in [-0.15, -0.1) is 0 Å². The van der Waals surface area contributed by atoms with Crippen LogP contribution in [-0.2, 0) is 19.6 Å². The van der Waals surface area contributed by atoms with Crippen LogP contribution in [0.4, 0.5) is 10.2 Å². The molecule has 4 aromatic rings. The van der Waals surface area contributed by atoms with Gasteiger partial charge in [-0.2, -0.15) is 0 Å². The third-order valence-electron chi connectivity index (χ3n) is 7.35. The second-order valence-corrected chi connectivity index (χ2v) is 10.2. The Bertz CT molecular complexity index is 1390. The van der Waals surface area contributed by atoms with Crippen molar-refractivity contribution < 1.29 is 4.39 Å². The number of hydrogen-bond donors (Lipinski definition) is 0. The summed E-state index contributed by atoms with van der Waals surface area (Å²) < 4.78 is 16.9. The zero-order chi connectivity index (χ0) is 26.5. The Hall–Kier alpha value is -3.51. The molecule has 6 rings (SSSR count). The minimum Gasteiger partial charge on any atom is -0.349 e. The van der Waals surface area contributed by atoms with Crippen LogP contribution in [0.3, 0.4) is 0 Å². The molecule has 6 heteroatoms. The van der Waals surface area contributed by atoms with Crippen LogP contribution in [0, 0.1) is 12.7 Å². The average Bonchev–Trinajstić information content (AvgIpc) is 3.71. The van der Waals surface area contributed by atoms with Gasteiger partial charge in [-0.05, 0) is 49.4 Å². The number of benzene rings is 2. The van der Waals surface area contributed by atoms with Crippen LogP contribution in [0.1, 0.15) is 49.8 Å². The average molecular weight is 512 g/mol. The lowest BCUT2D eigenvalue weighted by molar-refractivity contribution is 0.283. The summed E-state index contributed by atoms with van der Waals surface area (Å²) in [6.45, 7) is 10.3. The maximum absolute atomic E-state index is 14.7. The van der Waals surface area contributed by atoms with E-state index in [4.69, 9.17) is 0 Å². The topological polar surface area (TPSA) is 37.2 Å². The van der Waals surface area contributed by atoms with Gasteiger partial charge in [-0.3, -0.25) is 4.90 Å². The number of halogens is 1. The molecular weight excluding hydrogens is 473 g/mol. The van der Waals surface area contributed by atoms with Crippen molar-refractivity contribution in [3.63, 3.8) is 0 Å². The molecule has 2 aromatic carbocycles. The molecule has 5 nitrogen and oxygen atoms in total. The van der Waals surface area contributed by atoms with Crippen LogP contribution in [0.5, 0.6) is 0 Å². The number of rotatable bonds is 8. The summed E-state index contributed by atoms with van der Waals surface area (Å²) in [5.74, 6) is 0.766. The van der Waals surface area contributed by atoms with E-state index < -0.39 is 0 Å². The third-order valence-corrected chi connectivity index (χ3v) is 7.35. The quantitative estimate of drug-likeness (QED) is 0.241. The Morgan fingerprint density at radius 2 is 1.82 bits per heavy atom. The number of hydrogen-bond acceptors (Lipinski definition) is 4. The first-order chi connectivity index (χ1) is 18.6. The summed E-state index contributed by atoms with van der Waals surface area (Å²) in [7, 11) is 0. The fourth-order valence-corrected chi connectivity index (χ4v) is 5.17. The van der Waals surface area contributed by atoms with E-state index in [0.29, 0.717) is 18.2 Å². The molecule has 38 heavy (non-hydrogen) atoms. The zero-order valence-electron chi connectivity index (χ0n) is 22.8. The molecular formula is C32H38FN5. The van der Waals surface area contributed by atoms with Gasteiger partial charge in [0.05, 0.1) is 5.39 Å². The Morgan fingerprint density at radius 1 is 1.00 bits per heavy atom. The van der Waals surface area contributed by atoms with Crippen LogP contribution >= 0.6 is 0 Å². The second kappa shape index (κ2) is 11.9. The van der Waals surface area contributed by atoms with Crippen molar-refractivity contribution in [2.75, 3.05) is 18.0 Å². The molecule has 2 aliphatic rings. The van der Waals surface area contributed by atoms with Crippen LogP contribution in [-0.4, -0.2) is 38.6 Å². The summed E-state index contributed by atoms with van der Waals surface area (Å²) >= 11 is 0. The highest BCUT2D eigenvalue weighted by Gasteiger charge is 2.32. The summed E-state index contributed by atoms with van der Waals surface area (Å²) in [5, 5.41) is 1.04. The van der Waals surface area contributed by atoms with Crippen LogP contribution in [0.2, 0.25) is 0 Å².